The number of rotatable bonds is 6. The van der Waals surface area contributed by atoms with Crippen molar-refractivity contribution in [3.63, 3.8) is 0 Å². The van der Waals surface area contributed by atoms with Crippen molar-refractivity contribution in [1.82, 2.24) is 0 Å². The molecule has 2 aromatic rings. The molecule has 0 radical (unpaired) electrons. The maximum Gasteiger partial charge on any atom is 0.141 e. The summed E-state index contributed by atoms with van der Waals surface area (Å²) in [6.45, 7) is 2.29. The Morgan fingerprint density at radius 1 is 1.00 bits per heavy atom. The summed E-state index contributed by atoms with van der Waals surface area (Å²) >= 11 is 0. The van der Waals surface area contributed by atoms with Gasteiger partial charge in [0.15, 0.2) is 0 Å². The van der Waals surface area contributed by atoms with Crippen LogP contribution >= 0.6 is 0 Å². The zero-order chi connectivity index (χ0) is 20.2. The Hall–Kier alpha value is -2.14. The Labute approximate surface area is 175 Å². The van der Waals surface area contributed by atoms with Crippen molar-refractivity contribution in [2.45, 2.75) is 77.0 Å². The Morgan fingerprint density at radius 3 is 2.62 bits per heavy atom. The van der Waals surface area contributed by atoms with E-state index in [9.17, 15) is 4.39 Å². The van der Waals surface area contributed by atoms with Crippen LogP contribution in [-0.4, -0.2) is 0 Å². The second-order valence-electron chi connectivity index (χ2n) is 9.15. The molecular formula is C27H32FN. The van der Waals surface area contributed by atoms with Gasteiger partial charge in [0.2, 0.25) is 0 Å². The van der Waals surface area contributed by atoms with Gasteiger partial charge >= 0.3 is 0 Å². The molecular weight excluding hydrogens is 357 g/mol. The molecule has 152 valence electrons. The first-order valence-electron chi connectivity index (χ1n) is 11.5. The highest BCUT2D eigenvalue weighted by Gasteiger charge is 2.35. The van der Waals surface area contributed by atoms with Gasteiger partial charge in [-0.25, -0.2) is 4.39 Å². The number of halogens is 1. The van der Waals surface area contributed by atoms with Crippen LogP contribution in [0, 0.1) is 29.0 Å². The summed E-state index contributed by atoms with van der Waals surface area (Å²) in [5.41, 5.74) is 5.04. The van der Waals surface area contributed by atoms with Crippen LogP contribution in [0.4, 0.5) is 4.39 Å². The van der Waals surface area contributed by atoms with Crippen molar-refractivity contribution >= 4 is 0 Å². The van der Waals surface area contributed by atoms with Gasteiger partial charge in [-0.2, -0.15) is 5.26 Å². The number of unbranched alkanes of at least 4 members (excludes halogenated alkanes) is 3. The fourth-order valence-corrected chi connectivity index (χ4v) is 5.70. The molecule has 0 saturated heterocycles. The lowest BCUT2D eigenvalue weighted by Gasteiger charge is -2.41. The van der Waals surface area contributed by atoms with Crippen LogP contribution in [-0.2, 0) is 6.42 Å². The minimum atomic E-state index is -0.431. The lowest BCUT2D eigenvalue weighted by atomic mass is 9.64. The molecule has 29 heavy (non-hydrogen) atoms. The molecule has 0 bridgehead atoms. The number of aryl methyl sites for hydroxylation is 1. The van der Waals surface area contributed by atoms with E-state index in [1.807, 2.05) is 12.1 Å². The molecule has 2 aliphatic carbocycles. The molecule has 0 amide bonds. The molecule has 4 rings (SSSR count). The molecule has 2 aromatic carbocycles. The van der Waals surface area contributed by atoms with Gasteiger partial charge in [-0.15, -0.1) is 0 Å². The third-order valence-electron chi connectivity index (χ3n) is 7.31. The largest absolute Gasteiger partial charge is 0.206 e. The van der Waals surface area contributed by atoms with Gasteiger partial charge < -0.3 is 0 Å². The maximum atomic E-state index is 14.0. The number of nitrogens with zero attached hydrogens (tertiary/aromatic N) is 1. The van der Waals surface area contributed by atoms with Crippen LogP contribution in [0.15, 0.2) is 36.4 Å². The second-order valence-corrected chi connectivity index (χ2v) is 9.15. The highest BCUT2D eigenvalue weighted by molar-refractivity contribution is 5.66. The molecule has 2 aliphatic rings. The lowest BCUT2D eigenvalue weighted by Crippen LogP contribution is -2.28. The van der Waals surface area contributed by atoms with Crippen LogP contribution in [0.2, 0.25) is 0 Å². The number of fused-ring (bicyclic) bond motifs is 3. The van der Waals surface area contributed by atoms with E-state index in [4.69, 9.17) is 5.26 Å². The normalized spacial score (nSPS) is 23.1. The van der Waals surface area contributed by atoms with Crippen molar-refractivity contribution < 1.29 is 4.39 Å². The van der Waals surface area contributed by atoms with E-state index >= 15 is 0 Å². The van der Waals surface area contributed by atoms with E-state index in [1.165, 1.54) is 69.4 Å². The van der Waals surface area contributed by atoms with Crippen molar-refractivity contribution in [1.29, 1.82) is 5.26 Å². The predicted molar refractivity (Wildman–Crippen MR) is 117 cm³/mol. The summed E-state index contributed by atoms with van der Waals surface area (Å²) in [4.78, 5) is 0. The molecule has 0 aromatic heterocycles. The SMILES string of the molecule is CCCCCCC1CCC2c3ccc(-c4ccc(C#N)c(F)c4)cc3CCC2C1. The third-order valence-corrected chi connectivity index (χ3v) is 7.31. The minimum absolute atomic E-state index is 0.112. The monoisotopic (exact) mass is 389 g/mol. The van der Waals surface area contributed by atoms with E-state index in [-0.39, 0.29) is 5.56 Å². The van der Waals surface area contributed by atoms with Gasteiger partial charge in [-0.1, -0.05) is 63.3 Å². The fraction of sp³-hybridized carbons (Fsp3) is 0.519. The average molecular weight is 390 g/mol. The fourth-order valence-electron chi connectivity index (χ4n) is 5.70. The first-order chi connectivity index (χ1) is 14.2. The topological polar surface area (TPSA) is 23.8 Å². The highest BCUT2D eigenvalue weighted by Crippen LogP contribution is 2.48. The quantitative estimate of drug-likeness (QED) is 0.463. The van der Waals surface area contributed by atoms with Crippen LogP contribution < -0.4 is 0 Å². The number of nitriles is 1. The van der Waals surface area contributed by atoms with Crippen molar-refractivity contribution in [2.24, 2.45) is 11.8 Å². The molecule has 1 fully saturated rings. The third kappa shape index (κ3) is 4.40. The van der Waals surface area contributed by atoms with Crippen LogP contribution in [0.5, 0.6) is 0 Å². The summed E-state index contributed by atoms with van der Waals surface area (Å²) in [6, 6.07) is 13.6. The smallest absolute Gasteiger partial charge is 0.141 e. The molecule has 1 nitrogen and oxygen atoms in total. The molecule has 1 saturated carbocycles. The Kier molecular flexibility index (Phi) is 6.34. The summed E-state index contributed by atoms with van der Waals surface area (Å²) in [5.74, 6) is 2.08. The summed E-state index contributed by atoms with van der Waals surface area (Å²) in [5, 5.41) is 8.95. The molecule has 0 aliphatic heterocycles. The molecule has 0 N–H and O–H groups in total. The van der Waals surface area contributed by atoms with E-state index in [2.05, 4.69) is 25.1 Å². The van der Waals surface area contributed by atoms with Gasteiger partial charge in [-0.3, -0.25) is 0 Å². The van der Waals surface area contributed by atoms with Gasteiger partial charge in [0.25, 0.3) is 0 Å². The Bertz CT molecular complexity index is 894. The first kappa shape index (κ1) is 20.1. The number of hydrogen-bond acceptors (Lipinski definition) is 1. The minimum Gasteiger partial charge on any atom is -0.206 e. The molecule has 0 heterocycles. The predicted octanol–water partition coefficient (Wildman–Crippen LogP) is 7.78. The summed E-state index contributed by atoms with van der Waals surface area (Å²) < 4.78 is 14.0. The molecule has 3 unspecified atom stereocenters. The van der Waals surface area contributed by atoms with E-state index in [1.54, 1.807) is 11.6 Å². The van der Waals surface area contributed by atoms with Gasteiger partial charge in [0, 0.05) is 0 Å². The first-order valence-corrected chi connectivity index (χ1v) is 11.5. The Morgan fingerprint density at radius 2 is 1.83 bits per heavy atom. The van der Waals surface area contributed by atoms with E-state index in [0.717, 1.165) is 35.3 Å². The highest BCUT2D eigenvalue weighted by atomic mass is 19.1. The van der Waals surface area contributed by atoms with Gasteiger partial charge in [0.1, 0.15) is 11.9 Å². The van der Waals surface area contributed by atoms with Crippen LogP contribution in [0.3, 0.4) is 0 Å². The van der Waals surface area contributed by atoms with Crippen LogP contribution in [0.1, 0.15) is 87.3 Å². The summed E-state index contributed by atoms with van der Waals surface area (Å²) in [6.07, 6.45) is 13.5. The summed E-state index contributed by atoms with van der Waals surface area (Å²) in [7, 11) is 0. The maximum absolute atomic E-state index is 14.0. The molecule has 3 atom stereocenters. The molecule has 0 spiro atoms. The zero-order valence-electron chi connectivity index (χ0n) is 17.6. The van der Waals surface area contributed by atoms with Crippen LogP contribution in [0.25, 0.3) is 11.1 Å². The van der Waals surface area contributed by atoms with Crippen molar-refractivity contribution in [3.8, 4) is 17.2 Å². The van der Waals surface area contributed by atoms with E-state index < -0.39 is 5.82 Å². The van der Waals surface area contributed by atoms with Crippen molar-refractivity contribution in [2.75, 3.05) is 0 Å². The number of benzene rings is 2. The standard InChI is InChI=1S/C27H32FN/c1-2-3-4-5-6-19-7-13-25-22(15-19)9-10-23-16-20(12-14-26(23)25)21-8-11-24(18-29)27(28)17-21/h8,11-12,14,16-17,19,22,25H,2-7,9-10,13,15H2,1H3. The average Bonchev–Trinajstić information content (AvgIpc) is 2.76. The lowest BCUT2D eigenvalue weighted by molar-refractivity contribution is 0.199. The van der Waals surface area contributed by atoms with Crippen molar-refractivity contribution in [3.05, 3.63) is 58.9 Å². The second kappa shape index (κ2) is 9.12. The molecule has 2 heteroatoms. The van der Waals surface area contributed by atoms with Gasteiger partial charge in [0.05, 0.1) is 5.56 Å². The van der Waals surface area contributed by atoms with Gasteiger partial charge in [-0.05, 0) is 84.2 Å². The Balaban J connectivity index is 1.46. The zero-order valence-corrected chi connectivity index (χ0v) is 17.6. The number of hydrogen-bond donors (Lipinski definition) is 0. The van der Waals surface area contributed by atoms with E-state index in [0.29, 0.717) is 0 Å².